The van der Waals surface area contributed by atoms with E-state index in [1.54, 1.807) is 22.7 Å². The van der Waals surface area contributed by atoms with Gasteiger partial charge in [-0.3, -0.25) is 0 Å². The Kier molecular flexibility index (Phi) is 5.38. The highest BCUT2D eigenvalue weighted by molar-refractivity contribution is 7.14. The second-order valence-corrected chi connectivity index (χ2v) is 6.22. The highest BCUT2D eigenvalue weighted by Gasteiger charge is 2.07. The van der Waals surface area contributed by atoms with Gasteiger partial charge in [0.25, 0.3) is 0 Å². The molecule has 0 spiro atoms. The fourth-order valence-electron chi connectivity index (χ4n) is 1.90. The number of aliphatic hydroxyl groups excluding tert-OH is 1. The Morgan fingerprint density at radius 1 is 1.39 bits per heavy atom. The molecule has 2 aromatic rings. The molecule has 0 bridgehead atoms. The van der Waals surface area contributed by atoms with E-state index in [4.69, 9.17) is 5.11 Å². The van der Waals surface area contributed by atoms with E-state index in [0.717, 1.165) is 19.4 Å². The number of thiophene rings is 2. The van der Waals surface area contributed by atoms with E-state index in [0.29, 0.717) is 6.04 Å². The van der Waals surface area contributed by atoms with Crippen molar-refractivity contribution in [2.75, 3.05) is 6.61 Å². The first kappa shape index (κ1) is 13.7. The zero-order valence-electron chi connectivity index (χ0n) is 10.6. The van der Waals surface area contributed by atoms with E-state index >= 15 is 0 Å². The molecular formula is C14H19NOS2. The SMILES string of the molecule is CCC(CCO)NCc1cc(-c2cccs2)cs1. The Bertz CT molecular complexity index is 450. The van der Waals surface area contributed by atoms with E-state index in [2.05, 4.69) is 41.2 Å². The van der Waals surface area contributed by atoms with Gasteiger partial charge >= 0.3 is 0 Å². The molecule has 0 saturated heterocycles. The van der Waals surface area contributed by atoms with Crippen molar-refractivity contribution in [3.05, 3.63) is 33.8 Å². The van der Waals surface area contributed by atoms with Crippen LogP contribution in [0.4, 0.5) is 0 Å². The molecule has 0 saturated carbocycles. The van der Waals surface area contributed by atoms with Crippen molar-refractivity contribution < 1.29 is 5.11 Å². The van der Waals surface area contributed by atoms with Crippen LogP contribution in [0.2, 0.25) is 0 Å². The minimum atomic E-state index is 0.260. The fourth-order valence-corrected chi connectivity index (χ4v) is 3.52. The minimum absolute atomic E-state index is 0.260. The molecular weight excluding hydrogens is 262 g/mol. The summed E-state index contributed by atoms with van der Waals surface area (Å²) in [5.74, 6) is 0. The Hall–Kier alpha value is -0.680. The van der Waals surface area contributed by atoms with Gasteiger partial charge in [0, 0.05) is 34.5 Å². The van der Waals surface area contributed by atoms with Crippen LogP contribution < -0.4 is 5.32 Å². The molecule has 0 aliphatic carbocycles. The number of rotatable bonds is 7. The Morgan fingerprint density at radius 2 is 2.28 bits per heavy atom. The summed E-state index contributed by atoms with van der Waals surface area (Å²) >= 11 is 3.58. The predicted octanol–water partition coefficient (Wildman–Crippen LogP) is 3.73. The highest BCUT2D eigenvalue weighted by Crippen LogP contribution is 2.29. The third-order valence-corrected chi connectivity index (χ3v) is 4.85. The van der Waals surface area contributed by atoms with E-state index in [1.165, 1.54) is 15.3 Å². The van der Waals surface area contributed by atoms with Crippen LogP contribution >= 0.6 is 22.7 Å². The third-order valence-electron chi connectivity index (χ3n) is 2.99. The zero-order valence-corrected chi connectivity index (χ0v) is 12.2. The van der Waals surface area contributed by atoms with Crippen LogP contribution in [-0.4, -0.2) is 17.8 Å². The number of hydrogen-bond acceptors (Lipinski definition) is 4. The largest absolute Gasteiger partial charge is 0.396 e. The molecule has 2 aromatic heterocycles. The van der Waals surface area contributed by atoms with Gasteiger partial charge in [0.2, 0.25) is 0 Å². The summed E-state index contributed by atoms with van der Waals surface area (Å²) in [6.07, 6.45) is 1.89. The molecule has 0 aromatic carbocycles. The zero-order chi connectivity index (χ0) is 12.8. The summed E-state index contributed by atoms with van der Waals surface area (Å²) in [6.45, 7) is 3.31. The second kappa shape index (κ2) is 7.04. The maximum absolute atomic E-state index is 8.96. The first-order chi connectivity index (χ1) is 8.83. The first-order valence-electron chi connectivity index (χ1n) is 6.29. The normalized spacial score (nSPS) is 12.8. The van der Waals surface area contributed by atoms with Gasteiger partial charge in [-0.25, -0.2) is 0 Å². The van der Waals surface area contributed by atoms with Crippen LogP contribution in [0.5, 0.6) is 0 Å². The van der Waals surface area contributed by atoms with Crippen LogP contribution in [0.25, 0.3) is 10.4 Å². The number of nitrogens with one attached hydrogen (secondary N) is 1. The van der Waals surface area contributed by atoms with Crippen molar-refractivity contribution in [3.8, 4) is 10.4 Å². The fraction of sp³-hybridized carbons (Fsp3) is 0.429. The molecule has 4 heteroatoms. The van der Waals surface area contributed by atoms with E-state index < -0.39 is 0 Å². The monoisotopic (exact) mass is 281 g/mol. The van der Waals surface area contributed by atoms with E-state index in [9.17, 15) is 0 Å². The second-order valence-electron chi connectivity index (χ2n) is 4.28. The van der Waals surface area contributed by atoms with Crippen LogP contribution in [0.15, 0.2) is 29.0 Å². The summed E-state index contributed by atoms with van der Waals surface area (Å²) in [7, 11) is 0. The average Bonchev–Trinajstić information content (AvgIpc) is 3.04. The molecule has 0 aliphatic heterocycles. The van der Waals surface area contributed by atoms with E-state index in [1.807, 2.05) is 0 Å². The van der Waals surface area contributed by atoms with Crippen molar-refractivity contribution in [2.45, 2.75) is 32.4 Å². The molecule has 98 valence electrons. The van der Waals surface area contributed by atoms with Crippen molar-refractivity contribution >= 4 is 22.7 Å². The maximum Gasteiger partial charge on any atom is 0.0445 e. The molecule has 0 radical (unpaired) electrons. The predicted molar refractivity (Wildman–Crippen MR) is 80.3 cm³/mol. The number of hydrogen-bond donors (Lipinski definition) is 2. The van der Waals surface area contributed by atoms with Crippen LogP contribution in [0, 0.1) is 0 Å². The molecule has 18 heavy (non-hydrogen) atoms. The average molecular weight is 281 g/mol. The van der Waals surface area contributed by atoms with Gasteiger partial charge in [0.05, 0.1) is 0 Å². The third kappa shape index (κ3) is 3.65. The smallest absolute Gasteiger partial charge is 0.0445 e. The molecule has 0 amide bonds. The molecule has 2 N–H and O–H groups in total. The van der Waals surface area contributed by atoms with Crippen molar-refractivity contribution in [1.82, 2.24) is 5.32 Å². The lowest BCUT2D eigenvalue weighted by Gasteiger charge is -2.14. The first-order valence-corrected chi connectivity index (χ1v) is 8.05. The van der Waals surface area contributed by atoms with Gasteiger partial charge in [0.15, 0.2) is 0 Å². The maximum atomic E-state index is 8.96. The molecule has 2 nitrogen and oxygen atoms in total. The molecule has 1 unspecified atom stereocenters. The Labute approximate surface area is 116 Å². The van der Waals surface area contributed by atoms with Crippen molar-refractivity contribution in [3.63, 3.8) is 0 Å². The van der Waals surface area contributed by atoms with Gasteiger partial charge < -0.3 is 10.4 Å². The number of aliphatic hydroxyl groups is 1. The lowest BCUT2D eigenvalue weighted by Crippen LogP contribution is -2.28. The van der Waals surface area contributed by atoms with E-state index in [-0.39, 0.29) is 6.61 Å². The summed E-state index contributed by atoms with van der Waals surface area (Å²) in [6, 6.07) is 6.92. The van der Waals surface area contributed by atoms with Gasteiger partial charge in [-0.05, 0) is 35.7 Å². The topological polar surface area (TPSA) is 32.3 Å². The Morgan fingerprint density at radius 3 is 2.94 bits per heavy atom. The summed E-state index contributed by atoms with van der Waals surface area (Å²) in [4.78, 5) is 2.69. The van der Waals surface area contributed by atoms with Crippen molar-refractivity contribution in [2.24, 2.45) is 0 Å². The lowest BCUT2D eigenvalue weighted by molar-refractivity contribution is 0.262. The molecule has 0 fully saturated rings. The van der Waals surface area contributed by atoms with Crippen LogP contribution in [-0.2, 0) is 6.54 Å². The molecule has 0 aliphatic rings. The Balaban J connectivity index is 1.91. The summed E-state index contributed by atoms with van der Waals surface area (Å²) < 4.78 is 0. The quantitative estimate of drug-likeness (QED) is 0.810. The standard InChI is InChI=1S/C14H19NOS2/c1-2-12(5-6-16)15-9-13-8-11(10-18-13)14-4-3-7-17-14/h3-4,7-8,10,12,15-16H,2,5-6,9H2,1H3. The summed E-state index contributed by atoms with van der Waals surface area (Å²) in [5.41, 5.74) is 1.32. The van der Waals surface area contributed by atoms with Gasteiger partial charge in [-0.2, -0.15) is 0 Å². The minimum Gasteiger partial charge on any atom is -0.396 e. The lowest BCUT2D eigenvalue weighted by atomic mass is 10.1. The van der Waals surface area contributed by atoms with Gasteiger partial charge in [-0.15, -0.1) is 22.7 Å². The molecule has 2 heterocycles. The highest BCUT2D eigenvalue weighted by atomic mass is 32.1. The molecule has 1 atom stereocenters. The van der Waals surface area contributed by atoms with Crippen molar-refractivity contribution in [1.29, 1.82) is 0 Å². The van der Waals surface area contributed by atoms with Gasteiger partial charge in [-0.1, -0.05) is 13.0 Å². The van der Waals surface area contributed by atoms with Crippen LogP contribution in [0.1, 0.15) is 24.6 Å². The van der Waals surface area contributed by atoms with Gasteiger partial charge in [0.1, 0.15) is 0 Å². The molecule has 2 rings (SSSR count). The van der Waals surface area contributed by atoms with Crippen LogP contribution in [0.3, 0.4) is 0 Å². The summed E-state index contributed by atoms with van der Waals surface area (Å²) in [5, 5.41) is 16.8.